The lowest BCUT2D eigenvalue weighted by Gasteiger charge is -2.27. The predicted molar refractivity (Wildman–Crippen MR) is 131 cm³/mol. The summed E-state index contributed by atoms with van der Waals surface area (Å²) in [5.74, 6) is -4.68. The molecule has 3 aromatic rings. The van der Waals surface area contributed by atoms with Crippen LogP contribution in [0.2, 0.25) is 5.02 Å². The molecule has 3 aromatic carbocycles. The maximum absolute atomic E-state index is 14.0. The molecule has 2 saturated heterocycles. The van der Waals surface area contributed by atoms with Crippen LogP contribution >= 0.6 is 27.5 Å². The third kappa shape index (κ3) is 2.92. The van der Waals surface area contributed by atoms with Gasteiger partial charge in [0, 0.05) is 20.6 Å². The van der Waals surface area contributed by atoms with Crippen molar-refractivity contribution in [1.82, 2.24) is 0 Å². The number of halogens is 2. The first-order valence-corrected chi connectivity index (χ1v) is 12.2. The Morgan fingerprint density at radius 2 is 1.51 bits per heavy atom. The molecule has 3 unspecified atom stereocenters. The zero-order valence-electron chi connectivity index (χ0n) is 18.3. The first-order chi connectivity index (χ1) is 16.8. The number of carbonyl (C=O) groups is 4. The van der Waals surface area contributed by atoms with Gasteiger partial charge in [-0.3, -0.25) is 19.2 Å². The van der Waals surface area contributed by atoms with Crippen LogP contribution in [0.1, 0.15) is 37.9 Å². The van der Waals surface area contributed by atoms with Gasteiger partial charge in [0.25, 0.3) is 0 Å². The number of hydrogen-bond donors (Lipinski definition) is 0. The molecule has 8 heteroatoms. The number of hydrogen-bond acceptors (Lipinski definition) is 5. The summed E-state index contributed by atoms with van der Waals surface area (Å²) in [5.41, 5.74) is -0.0983. The Morgan fingerprint density at radius 1 is 0.886 bits per heavy atom. The zero-order valence-corrected chi connectivity index (χ0v) is 20.7. The van der Waals surface area contributed by atoms with E-state index in [9.17, 15) is 19.2 Å². The Hall–Kier alpha value is -3.13. The number of nitrogens with zero attached hydrogens (tertiary/aromatic N) is 1. The van der Waals surface area contributed by atoms with E-state index >= 15 is 0 Å². The summed E-state index contributed by atoms with van der Waals surface area (Å²) in [6.07, 6.45) is -0.962. The van der Waals surface area contributed by atoms with E-state index in [1.54, 1.807) is 73.7 Å². The number of ketones is 2. The highest BCUT2D eigenvalue weighted by Gasteiger charge is 2.74. The molecule has 2 amide bonds. The van der Waals surface area contributed by atoms with Gasteiger partial charge in [0.1, 0.15) is 0 Å². The summed E-state index contributed by atoms with van der Waals surface area (Å²) in [7, 11) is 0. The average molecular weight is 551 g/mol. The minimum absolute atomic E-state index is 0.199. The van der Waals surface area contributed by atoms with E-state index in [0.29, 0.717) is 21.8 Å². The number of amides is 2. The van der Waals surface area contributed by atoms with E-state index in [1.165, 1.54) is 0 Å². The van der Waals surface area contributed by atoms with Crippen LogP contribution < -0.4 is 4.90 Å². The lowest BCUT2D eigenvalue weighted by atomic mass is 9.77. The van der Waals surface area contributed by atoms with Crippen molar-refractivity contribution in [3.05, 3.63) is 98.5 Å². The maximum Gasteiger partial charge on any atom is 0.241 e. The maximum atomic E-state index is 14.0. The molecule has 2 fully saturated rings. The zero-order chi connectivity index (χ0) is 24.6. The van der Waals surface area contributed by atoms with Crippen molar-refractivity contribution in [3.8, 4) is 0 Å². The number of ether oxygens (including phenoxy) is 1. The van der Waals surface area contributed by atoms with E-state index < -0.39 is 46.9 Å². The lowest BCUT2D eigenvalue weighted by Crippen LogP contribution is -2.51. The molecule has 2 heterocycles. The van der Waals surface area contributed by atoms with Gasteiger partial charge in [-0.2, -0.15) is 0 Å². The number of Topliss-reactive ketones (excluding diaryl/α,β-unsaturated/α-hetero) is 2. The van der Waals surface area contributed by atoms with Crippen LogP contribution in [0.4, 0.5) is 5.69 Å². The molecule has 1 spiro atoms. The van der Waals surface area contributed by atoms with Gasteiger partial charge >= 0.3 is 0 Å². The molecule has 35 heavy (non-hydrogen) atoms. The summed E-state index contributed by atoms with van der Waals surface area (Å²) in [6.45, 7) is 1.76. The van der Waals surface area contributed by atoms with Crippen LogP contribution in [0.5, 0.6) is 0 Å². The minimum Gasteiger partial charge on any atom is -0.349 e. The Bertz CT molecular complexity index is 1430. The number of aryl methyl sites for hydroxylation is 1. The first kappa shape index (κ1) is 22.3. The van der Waals surface area contributed by atoms with Gasteiger partial charge in [-0.1, -0.05) is 70.0 Å². The van der Waals surface area contributed by atoms with Crippen LogP contribution in [0, 0.1) is 18.8 Å². The summed E-state index contributed by atoms with van der Waals surface area (Å²) in [4.78, 5) is 56.4. The van der Waals surface area contributed by atoms with Crippen LogP contribution in [0.25, 0.3) is 0 Å². The summed E-state index contributed by atoms with van der Waals surface area (Å²) < 4.78 is 7.10. The second kappa shape index (κ2) is 7.68. The fourth-order valence-corrected chi connectivity index (χ4v) is 5.96. The Kier molecular flexibility index (Phi) is 4.90. The Balaban J connectivity index is 1.56. The number of benzene rings is 3. The molecular weight excluding hydrogens is 534 g/mol. The second-order valence-electron chi connectivity index (χ2n) is 8.98. The summed E-state index contributed by atoms with van der Waals surface area (Å²) >= 11 is 9.59. The number of anilines is 1. The van der Waals surface area contributed by atoms with Crippen LogP contribution in [-0.4, -0.2) is 29.0 Å². The molecule has 3 atom stereocenters. The first-order valence-electron chi connectivity index (χ1n) is 11.0. The van der Waals surface area contributed by atoms with Crippen molar-refractivity contribution in [3.63, 3.8) is 0 Å². The molecule has 0 saturated carbocycles. The number of fused-ring (bicyclic) bond motifs is 3. The van der Waals surface area contributed by atoms with E-state index in [1.807, 2.05) is 0 Å². The SMILES string of the molecule is Cc1ccc(Cl)cc1N1C(=O)C2C(c3ccc(Br)cc3)OC3(C(=O)c4ccccc4C3=O)C2C1=O. The topological polar surface area (TPSA) is 80.8 Å². The van der Waals surface area contributed by atoms with Crippen molar-refractivity contribution in [1.29, 1.82) is 0 Å². The molecule has 0 N–H and O–H groups in total. The summed E-state index contributed by atoms with van der Waals surface area (Å²) in [5, 5.41) is 0.360. The van der Waals surface area contributed by atoms with E-state index in [4.69, 9.17) is 16.3 Å². The minimum atomic E-state index is -2.10. The molecular formula is C27H17BrClNO5. The third-order valence-corrected chi connectivity index (χ3v) is 7.89. The quantitative estimate of drug-likeness (QED) is 0.327. The predicted octanol–water partition coefficient (Wildman–Crippen LogP) is 5.11. The van der Waals surface area contributed by atoms with Crippen molar-refractivity contribution in [2.75, 3.05) is 4.90 Å². The molecule has 6 rings (SSSR count). The van der Waals surface area contributed by atoms with Crippen LogP contribution in [-0.2, 0) is 14.3 Å². The molecule has 0 radical (unpaired) electrons. The monoisotopic (exact) mass is 549 g/mol. The smallest absolute Gasteiger partial charge is 0.241 e. The highest BCUT2D eigenvalue weighted by molar-refractivity contribution is 9.10. The molecule has 0 bridgehead atoms. The second-order valence-corrected chi connectivity index (χ2v) is 10.3. The number of imide groups is 1. The van der Waals surface area contributed by atoms with Crippen LogP contribution in [0.3, 0.4) is 0 Å². The number of rotatable bonds is 2. The van der Waals surface area contributed by atoms with Crippen molar-refractivity contribution < 1.29 is 23.9 Å². The highest BCUT2D eigenvalue weighted by atomic mass is 79.9. The Labute approximate surface area is 214 Å². The van der Waals surface area contributed by atoms with E-state index in [-0.39, 0.29) is 11.1 Å². The molecule has 1 aliphatic carbocycles. The van der Waals surface area contributed by atoms with Crippen molar-refractivity contribution in [2.24, 2.45) is 11.8 Å². The Morgan fingerprint density at radius 3 is 2.14 bits per heavy atom. The van der Waals surface area contributed by atoms with Gasteiger partial charge < -0.3 is 4.74 Å². The van der Waals surface area contributed by atoms with Crippen LogP contribution in [0.15, 0.2) is 71.2 Å². The average Bonchev–Trinajstić information content (AvgIpc) is 3.41. The van der Waals surface area contributed by atoms with Gasteiger partial charge in [0.05, 0.1) is 23.6 Å². The van der Waals surface area contributed by atoms with Crippen molar-refractivity contribution >= 4 is 56.6 Å². The molecule has 2 aliphatic heterocycles. The molecule has 6 nitrogen and oxygen atoms in total. The lowest BCUT2D eigenvalue weighted by molar-refractivity contribution is -0.127. The molecule has 0 aromatic heterocycles. The normalized spacial score (nSPS) is 24.4. The fourth-order valence-electron chi connectivity index (χ4n) is 5.53. The van der Waals surface area contributed by atoms with Crippen molar-refractivity contribution in [2.45, 2.75) is 18.6 Å². The fraction of sp³-hybridized carbons (Fsp3) is 0.185. The third-order valence-electron chi connectivity index (χ3n) is 7.13. The molecule has 3 aliphatic rings. The van der Waals surface area contributed by atoms with Gasteiger partial charge in [-0.05, 0) is 42.3 Å². The summed E-state index contributed by atoms with van der Waals surface area (Å²) in [6, 6.07) is 18.4. The standard InChI is InChI=1S/C27H17BrClNO5/c1-13-6-11-16(29)12-19(13)30-25(33)20-21(26(30)34)27(35-22(20)14-7-9-15(28)10-8-14)23(31)17-4-2-3-5-18(17)24(27)32/h2-12,20-22H,1H3. The van der Waals surface area contributed by atoms with Gasteiger partial charge in [0.15, 0.2) is 0 Å². The van der Waals surface area contributed by atoms with E-state index in [0.717, 1.165) is 9.37 Å². The van der Waals surface area contributed by atoms with Gasteiger partial charge in [-0.25, -0.2) is 4.90 Å². The molecule has 174 valence electrons. The highest BCUT2D eigenvalue weighted by Crippen LogP contribution is 2.58. The number of carbonyl (C=O) groups excluding carboxylic acids is 4. The van der Waals surface area contributed by atoms with Gasteiger partial charge in [0.2, 0.25) is 29.0 Å². The van der Waals surface area contributed by atoms with E-state index in [2.05, 4.69) is 15.9 Å². The largest absolute Gasteiger partial charge is 0.349 e. The van der Waals surface area contributed by atoms with Gasteiger partial charge in [-0.15, -0.1) is 0 Å².